The maximum Gasteiger partial charge on any atom is 0.0488 e. The van der Waals surface area contributed by atoms with Gasteiger partial charge in [-0.25, -0.2) is 0 Å². The highest BCUT2D eigenvalue weighted by atomic mass is 14.9. The van der Waals surface area contributed by atoms with Gasteiger partial charge >= 0.3 is 0 Å². The van der Waals surface area contributed by atoms with Crippen LogP contribution < -0.4 is 0 Å². The summed E-state index contributed by atoms with van der Waals surface area (Å²) in [6, 6.07) is 15.5. The molecule has 1 heteroatoms. The lowest BCUT2D eigenvalue weighted by molar-refractivity contribution is 0.411. The van der Waals surface area contributed by atoms with Gasteiger partial charge in [0, 0.05) is 28.9 Å². The Morgan fingerprint density at radius 2 is 1.48 bits per heavy atom. The molecule has 3 rings (SSSR count). The molecule has 0 aliphatic heterocycles. The molecule has 1 aromatic heterocycles. The largest absolute Gasteiger partial charge is 0.344 e. The van der Waals surface area contributed by atoms with E-state index in [-0.39, 0.29) is 0 Å². The molecule has 0 unspecified atom stereocenters. The van der Waals surface area contributed by atoms with Crippen molar-refractivity contribution in [3.8, 4) is 0 Å². The van der Waals surface area contributed by atoms with Gasteiger partial charge in [0.15, 0.2) is 0 Å². The summed E-state index contributed by atoms with van der Waals surface area (Å²) in [4.78, 5) is 0. The first-order chi connectivity index (χ1) is 9.96. The van der Waals surface area contributed by atoms with Crippen molar-refractivity contribution in [1.29, 1.82) is 0 Å². The second kappa shape index (κ2) is 5.93. The van der Waals surface area contributed by atoms with Crippen LogP contribution in [0.4, 0.5) is 0 Å². The second-order valence-corrected chi connectivity index (χ2v) is 6.67. The fourth-order valence-electron chi connectivity index (χ4n) is 2.94. The lowest BCUT2D eigenvalue weighted by Gasteiger charge is -2.18. The molecule has 1 heterocycles. The normalized spacial score (nSPS) is 11.5. The zero-order valence-corrected chi connectivity index (χ0v) is 14.2. The Balaban J connectivity index is 0.000000774. The molecule has 0 aliphatic carbocycles. The number of aryl methyl sites for hydroxylation is 1. The third-order valence-electron chi connectivity index (χ3n) is 3.71. The van der Waals surface area contributed by atoms with Crippen LogP contribution >= 0.6 is 0 Å². The summed E-state index contributed by atoms with van der Waals surface area (Å²) < 4.78 is 2.28. The van der Waals surface area contributed by atoms with Crippen molar-refractivity contribution in [1.82, 2.24) is 4.57 Å². The molecule has 0 N–H and O–H groups in total. The monoisotopic (exact) mass is 281 g/mol. The Morgan fingerprint density at radius 3 is 2.14 bits per heavy atom. The number of fused-ring (bicyclic) bond motifs is 3. The van der Waals surface area contributed by atoms with Gasteiger partial charge in [-0.1, -0.05) is 58.9 Å². The van der Waals surface area contributed by atoms with Crippen LogP contribution in [0.15, 0.2) is 42.5 Å². The Labute approximate surface area is 128 Å². The molecular weight excluding hydrogens is 254 g/mol. The second-order valence-electron chi connectivity index (χ2n) is 6.67. The molecule has 2 aromatic carbocycles. The highest BCUT2D eigenvalue weighted by Gasteiger charge is 2.13. The van der Waals surface area contributed by atoms with Gasteiger partial charge in [-0.05, 0) is 35.6 Å². The number of aromatic nitrogens is 1. The zero-order chi connectivity index (χ0) is 15.6. The van der Waals surface area contributed by atoms with E-state index >= 15 is 0 Å². The first-order valence-corrected chi connectivity index (χ1v) is 7.92. The van der Waals surface area contributed by atoms with Crippen LogP contribution in [-0.4, -0.2) is 4.57 Å². The van der Waals surface area contributed by atoms with Crippen molar-refractivity contribution in [2.24, 2.45) is 12.5 Å². The van der Waals surface area contributed by atoms with Gasteiger partial charge in [-0.15, -0.1) is 0 Å². The molecule has 112 valence electrons. The average molecular weight is 281 g/mol. The highest BCUT2D eigenvalue weighted by Crippen LogP contribution is 2.30. The predicted molar refractivity (Wildman–Crippen MR) is 94.9 cm³/mol. The van der Waals surface area contributed by atoms with E-state index in [1.165, 1.54) is 27.4 Å². The minimum absolute atomic E-state index is 0.332. The summed E-state index contributed by atoms with van der Waals surface area (Å²) in [5.41, 5.74) is 4.39. The average Bonchev–Trinajstić information content (AvgIpc) is 2.73. The highest BCUT2D eigenvalue weighted by molar-refractivity contribution is 6.08. The van der Waals surface area contributed by atoms with Crippen LogP contribution in [0.1, 0.15) is 40.2 Å². The summed E-state index contributed by atoms with van der Waals surface area (Å²) in [5.74, 6) is 0. The SMILES string of the molecule is CC.Cn1c2ccccc2c2cc(CC(C)(C)C)ccc21. The van der Waals surface area contributed by atoms with E-state index in [1.807, 2.05) is 13.8 Å². The fourth-order valence-corrected chi connectivity index (χ4v) is 2.94. The molecule has 0 radical (unpaired) electrons. The summed E-state index contributed by atoms with van der Waals surface area (Å²) in [6.07, 6.45) is 1.12. The number of rotatable bonds is 1. The van der Waals surface area contributed by atoms with Crippen LogP contribution in [-0.2, 0) is 13.5 Å². The van der Waals surface area contributed by atoms with Gasteiger partial charge in [0.25, 0.3) is 0 Å². The van der Waals surface area contributed by atoms with E-state index in [0.717, 1.165) is 6.42 Å². The fraction of sp³-hybridized carbons (Fsp3) is 0.400. The van der Waals surface area contributed by atoms with Gasteiger partial charge in [-0.2, -0.15) is 0 Å². The van der Waals surface area contributed by atoms with Gasteiger partial charge < -0.3 is 4.57 Å². The molecule has 0 bridgehead atoms. The lowest BCUT2D eigenvalue weighted by Crippen LogP contribution is -2.08. The van der Waals surface area contributed by atoms with Crippen molar-refractivity contribution < 1.29 is 0 Å². The molecule has 0 aliphatic rings. The third kappa shape index (κ3) is 3.12. The lowest BCUT2D eigenvalue weighted by atomic mass is 9.88. The topological polar surface area (TPSA) is 4.93 Å². The molecule has 0 amide bonds. The molecule has 21 heavy (non-hydrogen) atoms. The zero-order valence-electron chi connectivity index (χ0n) is 14.2. The molecule has 1 nitrogen and oxygen atoms in total. The Kier molecular flexibility index (Phi) is 4.41. The summed E-state index contributed by atoms with van der Waals surface area (Å²) in [5, 5.41) is 2.73. The number of hydrogen-bond donors (Lipinski definition) is 0. The number of hydrogen-bond acceptors (Lipinski definition) is 0. The third-order valence-corrected chi connectivity index (χ3v) is 3.71. The van der Waals surface area contributed by atoms with Crippen molar-refractivity contribution in [2.75, 3.05) is 0 Å². The van der Waals surface area contributed by atoms with Crippen molar-refractivity contribution >= 4 is 21.8 Å². The predicted octanol–water partition coefficient (Wildman–Crippen LogP) is 5.95. The van der Waals surface area contributed by atoms with Gasteiger partial charge in [-0.3, -0.25) is 0 Å². The van der Waals surface area contributed by atoms with E-state index in [2.05, 4.69) is 74.9 Å². The van der Waals surface area contributed by atoms with E-state index in [0.29, 0.717) is 5.41 Å². The van der Waals surface area contributed by atoms with Crippen LogP contribution in [0.25, 0.3) is 21.8 Å². The minimum atomic E-state index is 0.332. The number of nitrogens with zero attached hydrogens (tertiary/aromatic N) is 1. The van der Waals surface area contributed by atoms with Crippen molar-refractivity contribution in [3.63, 3.8) is 0 Å². The summed E-state index contributed by atoms with van der Waals surface area (Å²) in [6.45, 7) is 10.9. The Bertz CT molecular complexity index is 741. The summed E-state index contributed by atoms with van der Waals surface area (Å²) >= 11 is 0. The first kappa shape index (κ1) is 15.6. The molecule has 3 aromatic rings. The standard InChI is InChI=1S/C18H21N.C2H6/c1-18(2,3)12-13-9-10-17-15(11-13)14-7-5-6-8-16(14)19(17)4;1-2/h5-11H,12H2,1-4H3;1-2H3. The molecule has 0 fully saturated rings. The molecule has 0 atom stereocenters. The molecular formula is C20H27N. The maximum atomic E-state index is 2.36. The quantitative estimate of drug-likeness (QED) is 0.519. The minimum Gasteiger partial charge on any atom is -0.344 e. The van der Waals surface area contributed by atoms with E-state index in [1.54, 1.807) is 0 Å². The van der Waals surface area contributed by atoms with Crippen LogP contribution in [0.2, 0.25) is 0 Å². The van der Waals surface area contributed by atoms with Crippen LogP contribution in [0.5, 0.6) is 0 Å². The smallest absolute Gasteiger partial charge is 0.0488 e. The first-order valence-electron chi connectivity index (χ1n) is 7.92. The van der Waals surface area contributed by atoms with E-state index in [4.69, 9.17) is 0 Å². The van der Waals surface area contributed by atoms with Crippen LogP contribution in [0, 0.1) is 5.41 Å². The summed E-state index contributed by atoms with van der Waals surface area (Å²) in [7, 11) is 2.15. The number of benzene rings is 2. The Morgan fingerprint density at radius 1 is 0.857 bits per heavy atom. The van der Waals surface area contributed by atoms with Gasteiger partial charge in [0.05, 0.1) is 0 Å². The molecule has 0 saturated heterocycles. The van der Waals surface area contributed by atoms with Crippen molar-refractivity contribution in [2.45, 2.75) is 41.0 Å². The van der Waals surface area contributed by atoms with Crippen LogP contribution in [0.3, 0.4) is 0 Å². The van der Waals surface area contributed by atoms with Crippen molar-refractivity contribution in [3.05, 3.63) is 48.0 Å². The molecule has 0 spiro atoms. The molecule has 0 saturated carbocycles. The van der Waals surface area contributed by atoms with Gasteiger partial charge in [0.2, 0.25) is 0 Å². The van der Waals surface area contributed by atoms with E-state index < -0.39 is 0 Å². The van der Waals surface area contributed by atoms with Gasteiger partial charge in [0.1, 0.15) is 0 Å². The maximum absolute atomic E-state index is 2.36. The number of para-hydroxylation sites is 1. The Hall–Kier alpha value is -1.76. The van der Waals surface area contributed by atoms with E-state index in [9.17, 15) is 0 Å².